The number of piperidine rings is 1. The SMILES string of the molecule is CC(C)N1CCC(N(C)C(=O)COCC(=O)O)CC1. The molecule has 1 N–H and O–H groups in total. The number of carboxylic acid groups (broad SMARTS) is 1. The lowest BCUT2D eigenvalue weighted by molar-refractivity contribution is -0.146. The lowest BCUT2D eigenvalue weighted by Gasteiger charge is -2.38. The smallest absolute Gasteiger partial charge is 0.329 e. The molecule has 1 heterocycles. The highest BCUT2D eigenvalue weighted by molar-refractivity contribution is 5.78. The van der Waals surface area contributed by atoms with Crippen LogP contribution in [0, 0.1) is 0 Å². The Kier molecular flexibility index (Phi) is 6.24. The minimum Gasteiger partial charge on any atom is -0.480 e. The third-order valence-electron chi connectivity index (χ3n) is 3.62. The van der Waals surface area contributed by atoms with E-state index in [9.17, 15) is 9.59 Å². The van der Waals surface area contributed by atoms with Crippen molar-refractivity contribution in [1.82, 2.24) is 9.80 Å². The van der Waals surface area contributed by atoms with Gasteiger partial charge in [-0.25, -0.2) is 4.79 Å². The highest BCUT2D eigenvalue weighted by Crippen LogP contribution is 2.17. The van der Waals surface area contributed by atoms with Gasteiger partial charge < -0.3 is 19.6 Å². The number of nitrogens with zero attached hydrogens (tertiary/aromatic N) is 2. The lowest BCUT2D eigenvalue weighted by Crippen LogP contribution is -2.48. The molecule has 110 valence electrons. The van der Waals surface area contributed by atoms with Gasteiger partial charge in [0.05, 0.1) is 0 Å². The second-order valence-electron chi connectivity index (χ2n) is 5.25. The number of carbonyl (C=O) groups is 2. The molecule has 1 fully saturated rings. The van der Waals surface area contributed by atoms with Crippen molar-refractivity contribution in [1.29, 1.82) is 0 Å². The normalized spacial score (nSPS) is 17.7. The summed E-state index contributed by atoms with van der Waals surface area (Å²) in [7, 11) is 1.77. The molecule has 0 aromatic heterocycles. The fraction of sp³-hybridized carbons (Fsp3) is 0.846. The Morgan fingerprint density at radius 2 is 1.89 bits per heavy atom. The molecule has 1 aliphatic rings. The van der Waals surface area contributed by atoms with Gasteiger partial charge in [-0.2, -0.15) is 0 Å². The van der Waals surface area contributed by atoms with Crippen molar-refractivity contribution in [2.45, 2.75) is 38.8 Å². The lowest BCUT2D eigenvalue weighted by atomic mass is 10.0. The van der Waals surface area contributed by atoms with Crippen LogP contribution < -0.4 is 0 Å². The third-order valence-corrected chi connectivity index (χ3v) is 3.62. The monoisotopic (exact) mass is 272 g/mol. The van der Waals surface area contributed by atoms with E-state index < -0.39 is 12.6 Å². The molecule has 0 saturated carbocycles. The van der Waals surface area contributed by atoms with Crippen LogP contribution in [0.4, 0.5) is 0 Å². The Morgan fingerprint density at radius 3 is 2.37 bits per heavy atom. The maximum absolute atomic E-state index is 11.8. The van der Waals surface area contributed by atoms with Gasteiger partial charge in [-0.3, -0.25) is 4.79 Å². The number of carbonyl (C=O) groups excluding carboxylic acids is 1. The van der Waals surface area contributed by atoms with Crippen LogP contribution in [-0.2, 0) is 14.3 Å². The first-order chi connectivity index (χ1) is 8.91. The summed E-state index contributed by atoms with van der Waals surface area (Å²) in [6.45, 7) is 5.76. The molecule has 0 radical (unpaired) electrons. The van der Waals surface area contributed by atoms with Crippen LogP contribution in [0.3, 0.4) is 0 Å². The van der Waals surface area contributed by atoms with Crippen LogP contribution in [0.5, 0.6) is 0 Å². The molecule has 0 aromatic rings. The molecule has 0 unspecified atom stereocenters. The van der Waals surface area contributed by atoms with E-state index in [0.29, 0.717) is 6.04 Å². The predicted molar refractivity (Wildman–Crippen MR) is 71.0 cm³/mol. The number of hydrogen-bond donors (Lipinski definition) is 1. The highest BCUT2D eigenvalue weighted by atomic mass is 16.5. The molecule has 0 spiro atoms. The number of carboxylic acids is 1. The predicted octanol–water partition coefficient (Wildman–Crippen LogP) is 0.419. The van der Waals surface area contributed by atoms with Gasteiger partial charge in [0.1, 0.15) is 13.2 Å². The van der Waals surface area contributed by atoms with E-state index in [2.05, 4.69) is 18.7 Å². The summed E-state index contributed by atoms with van der Waals surface area (Å²) >= 11 is 0. The zero-order valence-corrected chi connectivity index (χ0v) is 12.0. The third kappa shape index (κ3) is 5.16. The molecule has 0 bridgehead atoms. The maximum atomic E-state index is 11.8. The quantitative estimate of drug-likeness (QED) is 0.759. The molecule has 0 aromatic carbocycles. The molecule has 6 heteroatoms. The van der Waals surface area contributed by atoms with Crippen molar-refractivity contribution in [3.05, 3.63) is 0 Å². The van der Waals surface area contributed by atoms with Gasteiger partial charge in [0.2, 0.25) is 5.91 Å². The van der Waals surface area contributed by atoms with Crippen LogP contribution in [0.2, 0.25) is 0 Å². The van der Waals surface area contributed by atoms with Crippen LogP contribution in [0.15, 0.2) is 0 Å². The number of aliphatic carboxylic acids is 1. The number of likely N-dealkylation sites (N-methyl/N-ethyl adjacent to an activating group) is 1. The summed E-state index contributed by atoms with van der Waals surface area (Å²) in [5, 5.41) is 8.44. The summed E-state index contributed by atoms with van der Waals surface area (Å²) in [5.41, 5.74) is 0. The molecule has 0 atom stereocenters. The average Bonchev–Trinajstić information content (AvgIpc) is 2.37. The molecule has 1 aliphatic heterocycles. The van der Waals surface area contributed by atoms with Gasteiger partial charge in [-0.05, 0) is 26.7 Å². The van der Waals surface area contributed by atoms with E-state index in [1.165, 1.54) is 0 Å². The van der Waals surface area contributed by atoms with Gasteiger partial charge in [0, 0.05) is 32.2 Å². The molecular formula is C13H24N2O4. The first kappa shape index (κ1) is 15.9. The van der Waals surface area contributed by atoms with Gasteiger partial charge in [0.25, 0.3) is 0 Å². The largest absolute Gasteiger partial charge is 0.480 e. The summed E-state index contributed by atoms with van der Waals surface area (Å²) in [6, 6.07) is 0.775. The molecule has 0 aliphatic carbocycles. The highest BCUT2D eigenvalue weighted by Gasteiger charge is 2.26. The van der Waals surface area contributed by atoms with Crippen LogP contribution in [-0.4, -0.2) is 72.2 Å². The van der Waals surface area contributed by atoms with Crippen molar-refractivity contribution >= 4 is 11.9 Å². The summed E-state index contributed by atoms with van der Waals surface area (Å²) in [5.74, 6) is -1.20. The Bertz CT molecular complexity index is 312. The average molecular weight is 272 g/mol. The van der Waals surface area contributed by atoms with Crippen LogP contribution >= 0.6 is 0 Å². The molecule has 1 amide bonds. The number of hydrogen-bond acceptors (Lipinski definition) is 4. The molecule has 1 saturated heterocycles. The van der Waals surface area contributed by atoms with Crippen LogP contribution in [0.1, 0.15) is 26.7 Å². The number of likely N-dealkylation sites (tertiary alicyclic amines) is 1. The fourth-order valence-corrected chi connectivity index (χ4v) is 2.32. The summed E-state index contributed by atoms with van der Waals surface area (Å²) in [4.78, 5) is 26.2. The number of rotatable bonds is 6. The Balaban J connectivity index is 2.31. The molecule has 19 heavy (non-hydrogen) atoms. The Hall–Kier alpha value is -1.14. The van der Waals surface area contributed by atoms with Crippen molar-refractivity contribution in [2.75, 3.05) is 33.4 Å². The van der Waals surface area contributed by atoms with Gasteiger partial charge in [-0.1, -0.05) is 0 Å². The zero-order valence-electron chi connectivity index (χ0n) is 12.0. The van der Waals surface area contributed by atoms with Crippen molar-refractivity contribution < 1.29 is 19.4 Å². The minimum atomic E-state index is -1.05. The van der Waals surface area contributed by atoms with Gasteiger partial charge in [-0.15, -0.1) is 0 Å². The van der Waals surface area contributed by atoms with E-state index in [4.69, 9.17) is 9.84 Å². The first-order valence-corrected chi connectivity index (χ1v) is 6.71. The van der Waals surface area contributed by atoms with Crippen molar-refractivity contribution in [2.24, 2.45) is 0 Å². The fourth-order valence-electron chi connectivity index (χ4n) is 2.32. The van der Waals surface area contributed by atoms with E-state index in [-0.39, 0.29) is 18.6 Å². The number of amides is 1. The van der Waals surface area contributed by atoms with Crippen molar-refractivity contribution in [3.8, 4) is 0 Å². The second-order valence-corrected chi connectivity index (χ2v) is 5.25. The van der Waals surface area contributed by atoms with E-state index in [0.717, 1.165) is 25.9 Å². The standard InChI is InChI=1S/C13H24N2O4/c1-10(2)15-6-4-11(5-7-15)14(3)12(16)8-19-9-13(17)18/h10-11H,4-9H2,1-3H3,(H,17,18). The second kappa shape index (κ2) is 7.45. The van der Waals surface area contributed by atoms with Gasteiger partial charge in [0.15, 0.2) is 0 Å². The topological polar surface area (TPSA) is 70.1 Å². The van der Waals surface area contributed by atoms with Crippen LogP contribution in [0.25, 0.3) is 0 Å². The summed E-state index contributed by atoms with van der Waals surface area (Å²) in [6.07, 6.45) is 1.92. The minimum absolute atomic E-state index is 0.149. The van der Waals surface area contributed by atoms with E-state index in [1.54, 1.807) is 11.9 Å². The molecule has 6 nitrogen and oxygen atoms in total. The Labute approximate surface area is 114 Å². The number of ether oxygens (including phenoxy) is 1. The molecule has 1 rings (SSSR count). The van der Waals surface area contributed by atoms with Gasteiger partial charge >= 0.3 is 5.97 Å². The molecular weight excluding hydrogens is 248 g/mol. The Morgan fingerprint density at radius 1 is 1.32 bits per heavy atom. The van der Waals surface area contributed by atoms with Crippen molar-refractivity contribution in [3.63, 3.8) is 0 Å². The van der Waals surface area contributed by atoms with E-state index in [1.807, 2.05) is 0 Å². The summed E-state index contributed by atoms with van der Waals surface area (Å²) < 4.78 is 4.83. The first-order valence-electron chi connectivity index (χ1n) is 6.71. The maximum Gasteiger partial charge on any atom is 0.329 e. The van der Waals surface area contributed by atoms with E-state index >= 15 is 0 Å². The zero-order chi connectivity index (χ0) is 14.4.